The van der Waals surface area contributed by atoms with Gasteiger partial charge in [-0.1, -0.05) is 39.7 Å². The monoisotopic (exact) mass is 432 g/mol. The molecule has 0 radical (unpaired) electrons. The van der Waals surface area contributed by atoms with Gasteiger partial charge in [0.1, 0.15) is 5.56 Å². The van der Waals surface area contributed by atoms with Gasteiger partial charge in [0.05, 0.1) is 12.5 Å². The molecule has 27 heavy (non-hydrogen) atoms. The van der Waals surface area contributed by atoms with Gasteiger partial charge in [-0.15, -0.1) is 0 Å². The highest BCUT2D eigenvalue weighted by molar-refractivity contribution is 9.10. The van der Waals surface area contributed by atoms with Gasteiger partial charge in [0.25, 0.3) is 11.5 Å². The van der Waals surface area contributed by atoms with Crippen molar-refractivity contribution in [1.29, 1.82) is 0 Å². The Morgan fingerprint density at radius 2 is 2.00 bits per heavy atom. The van der Waals surface area contributed by atoms with Crippen LogP contribution in [-0.2, 0) is 4.74 Å². The fourth-order valence-corrected chi connectivity index (χ4v) is 3.72. The Labute approximate surface area is 165 Å². The second-order valence-corrected chi connectivity index (χ2v) is 7.56. The number of nitrogens with zero attached hydrogens (tertiary/aromatic N) is 1. The lowest BCUT2D eigenvalue weighted by Gasteiger charge is -2.29. The standard InChI is InChI=1S/C20H21BrN2O4/c1-3-27-20(26)17-11-22-23(19(17)25)18(24)15-9-4-12(2)10-16(15)13-5-7-14(21)8-6-13/h4-8,11,15-16,22H,3,9-10H2,1-2H3. The van der Waals surface area contributed by atoms with Crippen LogP contribution in [0.4, 0.5) is 0 Å². The van der Waals surface area contributed by atoms with E-state index < -0.39 is 11.5 Å². The zero-order chi connectivity index (χ0) is 19.6. The zero-order valence-corrected chi connectivity index (χ0v) is 16.8. The molecule has 1 aliphatic rings. The summed E-state index contributed by atoms with van der Waals surface area (Å²) in [5.74, 6) is -1.49. The number of esters is 1. The lowest BCUT2D eigenvalue weighted by Crippen LogP contribution is -2.36. The van der Waals surface area contributed by atoms with Gasteiger partial charge in [-0.25, -0.2) is 4.79 Å². The van der Waals surface area contributed by atoms with Gasteiger partial charge in [0.2, 0.25) is 0 Å². The van der Waals surface area contributed by atoms with Crippen molar-refractivity contribution in [3.05, 3.63) is 68.1 Å². The smallest absolute Gasteiger partial charge is 0.345 e. The van der Waals surface area contributed by atoms with Crippen LogP contribution in [0.3, 0.4) is 0 Å². The van der Waals surface area contributed by atoms with Gasteiger partial charge >= 0.3 is 5.97 Å². The number of benzene rings is 1. The largest absolute Gasteiger partial charge is 0.462 e. The van der Waals surface area contributed by atoms with Crippen LogP contribution >= 0.6 is 15.9 Å². The number of aromatic amines is 1. The molecule has 6 nitrogen and oxygen atoms in total. The van der Waals surface area contributed by atoms with Crippen LogP contribution in [0.1, 0.15) is 53.3 Å². The first-order valence-corrected chi connectivity index (χ1v) is 9.64. The second kappa shape index (κ2) is 8.08. The number of H-pyrrole nitrogens is 1. The van der Waals surface area contributed by atoms with Crippen LogP contribution in [0.2, 0.25) is 0 Å². The third kappa shape index (κ3) is 3.98. The van der Waals surface area contributed by atoms with Gasteiger partial charge in [-0.2, -0.15) is 4.68 Å². The number of ether oxygens (including phenoxy) is 1. The molecule has 0 saturated heterocycles. The van der Waals surface area contributed by atoms with Gasteiger partial charge in [-0.3, -0.25) is 14.7 Å². The van der Waals surface area contributed by atoms with Crippen LogP contribution in [0.25, 0.3) is 0 Å². The number of rotatable bonds is 4. The molecule has 2 aromatic rings. The molecule has 0 amide bonds. The summed E-state index contributed by atoms with van der Waals surface area (Å²) in [6.45, 7) is 3.87. The van der Waals surface area contributed by atoms with Crippen molar-refractivity contribution in [1.82, 2.24) is 9.78 Å². The second-order valence-electron chi connectivity index (χ2n) is 6.64. The lowest BCUT2D eigenvalue weighted by molar-refractivity contribution is 0.0525. The van der Waals surface area contributed by atoms with Crippen LogP contribution in [-0.4, -0.2) is 28.3 Å². The average Bonchev–Trinajstić information content (AvgIpc) is 3.03. The van der Waals surface area contributed by atoms with Crippen LogP contribution in [0.15, 0.2) is 51.4 Å². The minimum Gasteiger partial charge on any atom is -0.462 e. The predicted octanol–water partition coefficient (Wildman–Crippen LogP) is 3.90. The molecule has 1 aromatic carbocycles. The van der Waals surface area contributed by atoms with Crippen LogP contribution in [0.5, 0.6) is 0 Å². The Hall–Kier alpha value is -2.41. The summed E-state index contributed by atoms with van der Waals surface area (Å²) >= 11 is 3.43. The Morgan fingerprint density at radius 3 is 2.67 bits per heavy atom. The Kier molecular flexibility index (Phi) is 5.79. The molecule has 2 atom stereocenters. The molecule has 2 unspecified atom stereocenters. The van der Waals surface area contributed by atoms with E-state index in [1.165, 1.54) is 11.8 Å². The number of carbonyl (C=O) groups excluding carboxylic acids is 2. The number of halogens is 1. The summed E-state index contributed by atoms with van der Waals surface area (Å²) in [5, 5.41) is 2.63. The highest BCUT2D eigenvalue weighted by Crippen LogP contribution is 2.38. The van der Waals surface area contributed by atoms with Crippen molar-refractivity contribution in [2.24, 2.45) is 5.92 Å². The van der Waals surface area contributed by atoms with E-state index in [2.05, 4.69) is 21.0 Å². The molecule has 7 heteroatoms. The third-order valence-electron chi connectivity index (χ3n) is 4.85. The van der Waals surface area contributed by atoms with Crippen molar-refractivity contribution >= 4 is 27.8 Å². The Balaban J connectivity index is 1.93. The van der Waals surface area contributed by atoms with Gasteiger partial charge in [0, 0.05) is 10.7 Å². The summed E-state index contributed by atoms with van der Waals surface area (Å²) in [4.78, 5) is 37.5. The maximum absolute atomic E-state index is 13.1. The van der Waals surface area contributed by atoms with Crippen LogP contribution in [0, 0.1) is 5.92 Å². The number of allylic oxidation sites excluding steroid dienone is 2. The van der Waals surface area contributed by atoms with Gasteiger partial charge < -0.3 is 4.74 Å². The van der Waals surface area contributed by atoms with E-state index >= 15 is 0 Å². The highest BCUT2D eigenvalue weighted by atomic mass is 79.9. The fourth-order valence-electron chi connectivity index (χ4n) is 3.45. The van der Waals surface area contributed by atoms with E-state index in [1.54, 1.807) is 6.92 Å². The number of nitrogens with one attached hydrogen (secondary N) is 1. The first-order valence-electron chi connectivity index (χ1n) is 8.85. The number of hydrogen-bond acceptors (Lipinski definition) is 4. The first-order chi connectivity index (χ1) is 12.9. The molecule has 0 saturated carbocycles. The summed E-state index contributed by atoms with van der Waals surface area (Å²) in [7, 11) is 0. The van der Waals surface area contributed by atoms with Crippen molar-refractivity contribution in [2.75, 3.05) is 6.61 Å². The van der Waals surface area contributed by atoms with Crippen molar-refractivity contribution < 1.29 is 14.3 Å². The van der Waals surface area contributed by atoms with E-state index in [-0.39, 0.29) is 29.9 Å². The van der Waals surface area contributed by atoms with Gasteiger partial charge in [-0.05, 0) is 50.3 Å². The quantitative estimate of drug-likeness (QED) is 0.586. The van der Waals surface area contributed by atoms with E-state index in [9.17, 15) is 14.4 Å². The molecule has 0 spiro atoms. The molecule has 3 rings (SSSR count). The molecule has 0 fully saturated rings. The van der Waals surface area contributed by atoms with E-state index in [0.717, 1.165) is 21.1 Å². The molecule has 1 aromatic heterocycles. The summed E-state index contributed by atoms with van der Waals surface area (Å²) < 4.78 is 6.76. The molecular weight excluding hydrogens is 412 g/mol. The average molecular weight is 433 g/mol. The van der Waals surface area contributed by atoms with Crippen molar-refractivity contribution in [3.8, 4) is 0 Å². The zero-order valence-electron chi connectivity index (χ0n) is 15.2. The third-order valence-corrected chi connectivity index (χ3v) is 5.38. The van der Waals surface area contributed by atoms with Gasteiger partial charge in [0.15, 0.2) is 0 Å². The molecule has 0 aliphatic heterocycles. The normalized spacial score (nSPS) is 19.4. The minimum absolute atomic E-state index is 0.0307. The van der Waals surface area contributed by atoms with E-state index in [4.69, 9.17) is 4.74 Å². The molecule has 1 heterocycles. The minimum atomic E-state index is -0.728. The van der Waals surface area contributed by atoms with Crippen molar-refractivity contribution in [3.63, 3.8) is 0 Å². The first kappa shape index (κ1) is 19.4. The topological polar surface area (TPSA) is 81.2 Å². The maximum Gasteiger partial charge on any atom is 0.345 e. The Morgan fingerprint density at radius 1 is 1.30 bits per heavy atom. The number of aromatic nitrogens is 2. The number of carbonyl (C=O) groups is 2. The summed E-state index contributed by atoms with van der Waals surface area (Å²) in [5.41, 5.74) is 1.44. The highest BCUT2D eigenvalue weighted by Gasteiger charge is 2.34. The molecule has 142 valence electrons. The SMILES string of the molecule is CCOC(=O)c1c[nH]n(C(=O)C2CC=C(C)CC2c2ccc(Br)cc2)c1=O. The lowest BCUT2D eigenvalue weighted by atomic mass is 9.75. The van der Waals surface area contributed by atoms with Crippen molar-refractivity contribution in [2.45, 2.75) is 32.6 Å². The summed E-state index contributed by atoms with van der Waals surface area (Å²) in [6, 6.07) is 7.89. The molecular formula is C20H21BrN2O4. The molecule has 0 bridgehead atoms. The maximum atomic E-state index is 13.1. The number of hydrogen-bond donors (Lipinski definition) is 1. The van der Waals surface area contributed by atoms with Crippen LogP contribution < -0.4 is 5.56 Å². The fraction of sp³-hybridized carbons (Fsp3) is 0.350. The predicted molar refractivity (Wildman–Crippen MR) is 105 cm³/mol. The Bertz CT molecular complexity index is 940. The molecule has 1 aliphatic carbocycles. The summed E-state index contributed by atoms with van der Waals surface area (Å²) in [6.07, 6.45) is 4.57. The van der Waals surface area contributed by atoms with E-state index in [1.807, 2.05) is 37.3 Å². The molecule has 1 N–H and O–H groups in total. The van der Waals surface area contributed by atoms with E-state index in [0.29, 0.717) is 6.42 Å².